The number of nitrogens with zero attached hydrogens (tertiary/aromatic N) is 4. The standard InChI is InChI=1S/C12H21FN2O.C11H18N2O.2C2H6/c1-3-10(13)11(16)15-7-5-12(9-15)4-6-14(2)8-12;1-3-10(14)13-8-11(9-13)4-6-12(2)7-5-11;2*1-2/h10H,3-9H2,1-2H3;3H,1,4-9H2,2H3;2*1-2H3. The monoisotopic (exact) mass is 482 g/mol. The number of carbonyl (C=O) groups is 2. The maximum atomic E-state index is 13.3. The molecule has 4 heterocycles. The first-order valence-corrected chi connectivity index (χ1v) is 13.4. The predicted molar refractivity (Wildman–Crippen MR) is 140 cm³/mol. The van der Waals surface area contributed by atoms with Crippen molar-refractivity contribution in [2.75, 3.05) is 66.5 Å². The summed E-state index contributed by atoms with van der Waals surface area (Å²) in [5.41, 5.74) is 0.711. The fourth-order valence-corrected chi connectivity index (χ4v) is 5.45. The molecule has 0 saturated carbocycles. The van der Waals surface area contributed by atoms with Gasteiger partial charge in [0.15, 0.2) is 6.17 Å². The summed E-state index contributed by atoms with van der Waals surface area (Å²) >= 11 is 0. The summed E-state index contributed by atoms with van der Waals surface area (Å²) in [5.74, 6) is -0.205. The lowest BCUT2D eigenvalue weighted by Gasteiger charge is -2.53. The Morgan fingerprint density at radius 1 is 0.824 bits per heavy atom. The predicted octanol–water partition coefficient (Wildman–Crippen LogP) is 4.07. The molecule has 0 aromatic carbocycles. The number of rotatable bonds is 3. The van der Waals surface area contributed by atoms with Crippen LogP contribution in [0.1, 0.15) is 66.7 Å². The van der Waals surface area contributed by atoms with Crippen LogP contribution in [0.3, 0.4) is 0 Å². The third kappa shape index (κ3) is 7.77. The summed E-state index contributed by atoms with van der Waals surface area (Å²) in [5, 5.41) is 0. The Bertz CT molecular complexity index is 643. The molecule has 2 atom stereocenters. The molecule has 2 unspecified atom stereocenters. The normalized spacial score (nSPS) is 26.4. The van der Waals surface area contributed by atoms with E-state index in [1.807, 2.05) is 32.6 Å². The molecular formula is C27H51FN4O2. The molecule has 2 spiro atoms. The van der Waals surface area contributed by atoms with Gasteiger partial charge in [-0.3, -0.25) is 9.59 Å². The summed E-state index contributed by atoms with van der Waals surface area (Å²) in [4.78, 5) is 31.3. The van der Waals surface area contributed by atoms with E-state index in [-0.39, 0.29) is 17.2 Å². The van der Waals surface area contributed by atoms with Gasteiger partial charge in [-0.1, -0.05) is 41.2 Å². The summed E-state index contributed by atoms with van der Waals surface area (Å²) in [6.45, 7) is 21.1. The second-order valence-corrected chi connectivity index (χ2v) is 10.1. The molecule has 2 amide bonds. The molecule has 0 aliphatic carbocycles. The molecule has 7 heteroatoms. The van der Waals surface area contributed by atoms with Gasteiger partial charge in [0.1, 0.15) is 0 Å². The molecule has 0 N–H and O–H groups in total. The lowest BCUT2D eigenvalue weighted by atomic mass is 9.72. The number of hydrogen-bond acceptors (Lipinski definition) is 4. The van der Waals surface area contributed by atoms with Crippen LogP contribution in [0.15, 0.2) is 12.7 Å². The van der Waals surface area contributed by atoms with E-state index in [1.165, 1.54) is 32.0 Å². The van der Waals surface area contributed by atoms with Gasteiger partial charge in [0.25, 0.3) is 5.91 Å². The summed E-state index contributed by atoms with van der Waals surface area (Å²) in [6.07, 6.45) is 5.09. The molecule has 6 nitrogen and oxygen atoms in total. The van der Waals surface area contributed by atoms with E-state index in [2.05, 4.69) is 30.5 Å². The van der Waals surface area contributed by atoms with Gasteiger partial charge in [-0.25, -0.2) is 4.39 Å². The molecular weight excluding hydrogens is 431 g/mol. The van der Waals surface area contributed by atoms with Crippen molar-refractivity contribution in [1.82, 2.24) is 19.6 Å². The van der Waals surface area contributed by atoms with Crippen LogP contribution in [0.2, 0.25) is 0 Å². The summed E-state index contributed by atoms with van der Waals surface area (Å²) in [6, 6.07) is 0. The van der Waals surface area contributed by atoms with Gasteiger partial charge in [-0.15, -0.1) is 0 Å². The first-order chi connectivity index (χ1) is 16.2. The van der Waals surface area contributed by atoms with Crippen molar-refractivity contribution in [3.05, 3.63) is 12.7 Å². The van der Waals surface area contributed by atoms with E-state index in [0.717, 1.165) is 52.1 Å². The fraction of sp³-hybridized carbons (Fsp3) is 0.852. The first kappa shape index (κ1) is 30.6. The first-order valence-electron chi connectivity index (χ1n) is 13.4. The van der Waals surface area contributed by atoms with Crippen LogP contribution in [-0.2, 0) is 9.59 Å². The van der Waals surface area contributed by atoms with E-state index in [4.69, 9.17) is 0 Å². The van der Waals surface area contributed by atoms with E-state index < -0.39 is 6.17 Å². The van der Waals surface area contributed by atoms with Crippen molar-refractivity contribution in [3.8, 4) is 0 Å². The minimum absolute atomic E-state index is 0.0922. The highest BCUT2D eigenvalue weighted by Crippen LogP contribution is 2.40. The van der Waals surface area contributed by atoms with E-state index >= 15 is 0 Å². The smallest absolute Gasteiger partial charge is 0.257 e. The number of amides is 2. The molecule has 34 heavy (non-hydrogen) atoms. The number of halogens is 1. The molecule has 0 aromatic rings. The van der Waals surface area contributed by atoms with Gasteiger partial charge in [0, 0.05) is 43.6 Å². The Balaban J connectivity index is 0.000000299. The highest BCUT2D eigenvalue weighted by Gasteiger charge is 2.46. The number of likely N-dealkylation sites (tertiary alicyclic amines) is 4. The Morgan fingerprint density at radius 3 is 1.74 bits per heavy atom. The molecule has 0 radical (unpaired) electrons. The molecule has 0 bridgehead atoms. The highest BCUT2D eigenvalue weighted by atomic mass is 19.1. The summed E-state index contributed by atoms with van der Waals surface area (Å²) < 4.78 is 13.3. The van der Waals surface area contributed by atoms with Crippen LogP contribution in [0, 0.1) is 10.8 Å². The maximum Gasteiger partial charge on any atom is 0.257 e. The van der Waals surface area contributed by atoms with Crippen LogP contribution >= 0.6 is 0 Å². The van der Waals surface area contributed by atoms with Crippen LogP contribution in [-0.4, -0.2) is 104 Å². The average molecular weight is 483 g/mol. The van der Waals surface area contributed by atoms with Crippen LogP contribution in [0.4, 0.5) is 4.39 Å². The van der Waals surface area contributed by atoms with Crippen molar-refractivity contribution in [1.29, 1.82) is 0 Å². The maximum absolute atomic E-state index is 13.3. The Morgan fingerprint density at radius 2 is 1.26 bits per heavy atom. The number of hydrogen-bond donors (Lipinski definition) is 0. The van der Waals surface area contributed by atoms with E-state index in [0.29, 0.717) is 11.8 Å². The quantitative estimate of drug-likeness (QED) is 0.569. The molecule has 4 aliphatic rings. The Hall–Kier alpha value is -1.47. The average Bonchev–Trinajstić information content (AvgIpc) is 3.44. The minimum atomic E-state index is -1.30. The Kier molecular flexibility index (Phi) is 12.7. The number of piperidine rings is 1. The fourth-order valence-electron chi connectivity index (χ4n) is 5.45. The lowest BCUT2D eigenvalue weighted by Crippen LogP contribution is -2.61. The van der Waals surface area contributed by atoms with Crippen molar-refractivity contribution in [2.45, 2.75) is 72.9 Å². The lowest BCUT2D eigenvalue weighted by molar-refractivity contribution is -0.141. The third-order valence-electron chi connectivity index (χ3n) is 7.59. The summed E-state index contributed by atoms with van der Waals surface area (Å²) in [7, 11) is 4.28. The van der Waals surface area contributed by atoms with Gasteiger partial charge < -0.3 is 19.6 Å². The second-order valence-electron chi connectivity index (χ2n) is 10.1. The van der Waals surface area contributed by atoms with Crippen molar-refractivity contribution >= 4 is 11.8 Å². The zero-order valence-electron chi connectivity index (χ0n) is 23.0. The minimum Gasteiger partial charge on any atom is -0.340 e. The van der Waals surface area contributed by atoms with Crippen molar-refractivity contribution in [3.63, 3.8) is 0 Å². The van der Waals surface area contributed by atoms with E-state index in [1.54, 1.807) is 11.8 Å². The highest BCUT2D eigenvalue weighted by molar-refractivity contribution is 5.87. The van der Waals surface area contributed by atoms with Crippen LogP contribution in [0.25, 0.3) is 0 Å². The molecule has 0 aromatic heterocycles. The third-order valence-corrected chi connectivity index (χ3v) is 7.59. The van der Waals surface area contributed by atoms with Crippen LogP contribution < -0.4 is 0 Å². The van der Waals surface area contributed by atoms with Gasteiger partial charge in [-0.05, 0) is 71.9 Å². The Labute approximate surface area is 208 Å². The van der Waals surface area contributed by atoms with E-state index in [9.17, 15) is 14.0 Å². The van der Waals surface area contributed by atoms with Gasteiger partial charge in [0.2, 0.25) is 5.91 Å². The van der Waals surface area contributed by atoms with Gasteiger partial charge in [0.05, 0.1) is 0 Å². The van der Waals surface area contributed by atoms with Crippen LogP contribution in [0.5, 0.6) is 0 Å². The van der Waals surface area contributed by atoms with Crippen molar-refractivity contribution in [2.24, 2.45) is 10.8 Å². The molecule has 4 saturated heterocycles. The number of alkyl halides is 1. The second kappa shape index (κ2) is 14.2. The SMILES string of the molecule is C=CC(=O)N1CC2(CCN(C)CC2)C1.CC.CC.CCC(F)C(=O)N1CCC2(CCN(C)C2)C1. The van der Waals surface area contributed by atoms with Gasteiger partial charge in [-0.2, -0.15) is 0 Å². The molecule has 4 fully saturated rings. The number of carbonyl (C=O) groups excluding carboxylic acids is 2. The zero-order valence-corrected chi connectivity index (χ0v) is 23.0. The largest absolute Gasteiger partial charge is 0.340 e. The zero-order chi connectivity index (χ0) is 25.9. The van der Waals surface area contributed by atoms with Gasteiger partial charge >= 0.3 is 0 Å². The molecule has 4 aliphatic heterocycles. The van der Waals surface area contributed by atoms with Crippen molar-refractivity contribution < 1.29 is 14.0 Å². The molecule has 4 rings (SSSR count). The molecule has 198 valence electrons. The topological polar surface area (TPSA) is 47.1 Å².